The Labute approximate surface area is 187 Å². The summed E-state index contributed by atoms with van der Waals surface area (Å²) in [5, 5.41) is 4.73. The number of halogens is 2. The van der Waals surface area contributed by atoms with Gasteiger partial charge in [-0.15, -0.1) is 0 Å². The second-order valence-corrected chi connectivity index (χ2v) is 7.75. The maximum atomic E-state index is 13.3. The van der Waals surface area contributed by atoms with Crippen LogP contribution in [0.1, 0.15) is 38.3 Å². The van der Waals surface area contributed by atoms with E-state index in [-0.39, 0.29) is 19.9 Å². The number of ether oxygens (including phenoxy) is 1. The van der Waals surface area contributed by atoms with E-state index in [1.54, 1.807) is 24.3 Å². The number of rotatable bonds is 6. The summed E-state index contributed by atoms with van der Waals surface area (Å²) in [5.74, 6) is 1.36. The van der Waals surface area contributed by atoms with Gasteiger partial charge in [0.15, 0.2) is 0 Å². The summed E-state index contributed by atoms with van der Waals surface area (Å²) in [7, 11) is 0. The molecule has 0 saturated carbocycles. The van der Waals surface area contributed by atoms with Crippen LogP contribution in [0.15, 0.2) is 67.0 Å². The van der Waals surface area contributed by atoms with Gasteiger partial charge in [-0.3, -0.25) is 0 Å². The molecule has 0 aliphatic carbocycles. The van der Waals surface area contributed by atoms with Crippen molar-refractivity contribution in [2.75, 3.05) is 5.32 Å². The van der Waals surface area contributed by atoms with E-state index in [0.717, 1.165) is 22.2 Å². The van der Waals surface area contributed by atoms with Gasteiger partial charge in [0.2, 0.25) is 0 Å². The van der Waals surface area contributed by atoms with Gasteiger partial charge in [0.25, 0.3) is 0 Å². The third-order valence-electron chi connectivity index (χ3n) is 4.80. The molecule has 0 spiro atoms. The Morgan fingerprint density at radius 2 is 1.87 bits per heavy atom. The molecule has 0 bridgehead atoms. The minimum atomic E-state index is -0.292. The Kier molecular flexibility index (Phi) is 7.08. The summed E-state index contributed by atoms with van der Waals surface area (Å²) in [6, 6.07) is 17.9. The van der Waals surface area contributed by atoms with Crippen LogP contribution in [0, 0.1) is 5.82 Å². The van der Waals surface area contributed by atoms with Crippen LogP contribution < -0.4 is 10.1 Å². The predicted octanol–water partition coefficient (Wildman–Crippen LogP) is 7.50. The van der Waals surface area contributed by atoms with E-state index >= 15 is 0 Å². The zero-order chi connectivity index (χ0) is 21.1. The lowest BCUT2D eigenvalue weighted by Crippen LogP contribution is -1.99. The van der Waals surface area contributed by atoms with Gasteiger partial charge in [-0.1, -0.05) is 51.1 Å². The number of benzene rings is 3. The van der Waals surface area contributed by atoms with Gasteiger partial charge < -0.3 is 10.1 Å². The minimum Gasteiger partial charge on any atom is -0.487 e. The van der Waals surface area contributed by atoms with Crippen LogP contribution in [0.4, 0.5) is 15.9 Å². The highest BCUT2D eigenvalue weighted by molar-refractivity contribution is 6.32. The number of fused-ring (bicyclic) bond motifs is 1. The van der Waals surface area contributed by atoms with Crippen molar-refractivity contribution in [2.45, 2.75) is 33.8 Å². The van der Waals surface area contributed by atoms with Gasteiger partial charge in [-0.2, -0.15) is 0 Å². The standard InChI is InChI=1S/C24H21ClFN3O.CH4/c1-15(2)17-6-8-22-20(11-17)24(28-14-27-22)29-19-7-9-23(21(25)12-19)30-13-16-4-3-5-18(26)10-16;/h3-12,14-15H,13H2,1-2H3,(H,27,28,29);1H4. The molecule has 4 aromatic rings. The molecule has 0 aliphatic heterocycles. The Bertz CT molecular complexity index is 1200. The summed E-state index contributed by atoms with van der Waals surface area (Å²) >= 11 is 6.41. The third-order valence-corrected chi connectivity index (χ3v) is 5.10. The van der Waals surface area contributed by atoms with E-state index in [4.69, 9.17) is 16.3 Å². The van der Waals surface area contributed by atoms with Crippen LogP contribution in [0.2, 0.25) is 5.02 Å². The lowest BCUT2D eigenvalue weighted by atomic mass is 10.0. The first kappa shape index (κ1) is 22.5. The van der Waals surface area contributed by atoms with E-state index < -0.39 is 0 Å². The number of aromatic nitrogens is 2. The highest BCUT2D eigenvalue weighted by Crippen LogP contribution is 2.31. The molecule has 0 saturated heterocycles. The number of nitrogens with zero attached hydrogens (tertiary/aromatic N) is 2. The van der Waals surface area contributed by atoms with Crippen LogP contribution in [0.25, 0.3) is 10.9 Å². The molecular formula is C25H25ClFN3O. The van der Waals surface area contributed by atoms with Crippen LogP contribution in [0.3, 0.4) is 0 Å². The zero-order valence-electron chi connectivity index (χ0n) is 16.7. The van der Waals surface area contributed by atoms with Gasteiger partial charge in [0.1, 0.15) is 30.3 Å². The fraction of sp³-hybridized carbons (Fsp3) is 0.200. The first-order chi connectivity index (χ1) is 14.5. The van der Waals surface area contributed by atoms with E-state index in [0.29, 0.717) is 22.5 Å². The number of hydrogen-bond donors (Lipinski definition) is 1. The molecule has 31 heavy (non-hydrogen) atoms. The Balaban J connectivity index is 0.00000272. The molecule has 0 fully saturated rings. The van der Waals surface area contributed by atoms with Crippen LogP contribution in [-0.2, 0) is 6.61 Å². The SMILES string of the molecule is C.CC(C)c1ccc2ncnc(Nc3ccc(OCc4cccc(F)c4)c(Cl)c3)c2c1. The lowest BCUT2D eigenvalue weighted by molar-refractivity contribution is 0.306. The van der Waals surface area contributed by atoms with Crippen LogP contribution in [-0.4, -0.2) is 9.97 Å². The van der Waals surface area contributed by atoms with E-state index in [1.165, 1.54) is 24.0 Å². The molecule has 1 N–H and O–H groups in total. The third kappa shape index (κ3) is 5.30. The van der Waals surface area contributed by atoms with Gasteiger partial charge in [0.05, 0.1) is 10.5 Å². The molecule has 1 heterocycles. The van der Waals surface area contributed by atoms with Gasteiger partial charge in [0, 0.05) is 11.1 Å². The van der Waals surface area contributed by atoms with E-state index in [9.17, 15) is 4.39 Å². The van der Waals surface area contributed by atoms with Gasteiger partial charge in [-0.25, -0.2) is 14.4 Å². The van der Waals surface area contributed by atoms with Crippen molar-refractivity contribution in [3.05, 3.63) is 89.0 Å². The molecule has 6 heteroatoms. The Morgan fingerprint density at radius 3 is 2.61 bits per heavy atom. The molecule has 4 nitrogen and oxygen atoms in total. The quantitative estimate of drug-likeness (QED) is 0.339. The molecular weight excluding hydrogens is 413 g/mol. The van der Waals surface area contributed by atoms with Gasteiger partial charge >= 0.3 is 0 Å². The first-order valence-corrected chi connectivity index (χ1v) is 10.1. The number of hydrogen-bond acceptors (Lipinski definition) is 4. The normalized spacial score (nSPS) is 10.7. The van der Waals surface area contributed by atoms with Crippen molar-refractivity contribution >= 4 is 34.0 Å². The van der Waals surface area contributed by atoms with Gasteiger partial charge in [-0.05, 0) is 59.5 Å². The predicted molar refractivity (Wildman–Crippen MR) is 126 cm³/mol. The molecule has 0 radical (unpaired) electrons. The Morgan fingerprint density at radius 1 is 1.03 bits per heavy atom. The molecule has 160 valence electrons. The van der Waals surface area contributed by atoms with Crippen molar-refractivity contribution in [1.82, 2.24) is 9.97 Å². The number of anilines is 2. The summed E-state index contributed by atoms with van der Waals surface area (Å²) in [5.41, 5.74) is 3.62. The fourth-order valence-electron chi connectivity index (χ4n) is 3.15. The molecule has 0 amide bonds. The highest BCUT2D eigenvalue weighted by Gasteiger charge is 2.09. The van der Waals surface area contributed by atoms with Crippen molar-refractivity contribution < 1.29 is 9.13 Å². The summed E-state index contributed by atoms with van der Waals surface area (Å²) in [4.78, 5) is 8.76. The average molecular weight is 438 g/mol. The molecule has 0 unspecified atom stereocenters. The first-order valence-electron chi connectivity index (χ1n) is 9.68. The topological polar surface area (TPSA) is 47.0 Å². The maximum Gasteiger partial charge on any atom is 0.141 e. The zero-order valence-corrected chi connectivity index (χ0v) is 17.4. The minimum absolute atomic E-state index is 0. The fourth-order valence-corrected chi connectivity index (χ4v) is 3.39. The van der Waals surface area contributed by atoms with Crippen molar-refractivity contribution in [3.8, 4) is 5.75 Å². The molecule has 4 rings (SSSR count). The Hall–Kier alpha value is -3.18. The van der Waals surface area contributed by atoms with E-state index in [1.807, 2.05) is 12.1 Å². The second kappa shape index (κ2) is 9.75. The van der Waals surface area contributed by atoms with Crippen molar-refractivity contribution in [2.24, 2.45) is 0 Å². The highest BCUT2D eigenvalue weighted by atomic mass is 35.5. The molecule has 3 aromatic carbocycles. The smallest absolute Gasteiger partial charge is 0.141 e. The second-order valence-electron chi connectivity index (χ2n) is 7.34. The van der Waals surface area contributed by atoms with Crippen molar-refractivity contribution in [1.29, 1.82) is 0 Å². The summed E-state index contributed by atoms with van der Waals surface area (Å²) in [6.07, 6.45) is 1.54. The average Bonchev–Trinajstić information content (AvgIpc) is 2.73. The molecule has 0 atom stereocenters. The summed E-state index contributed by atoms with van der Waals surface area (Å²) in [6.45, 7) is 4.54. The molecule has 0 aliphatic rings. The van der Waals surface area contributed by atoms with Crippen LogP contribution in [0.5, 0.6) is 5.75 Å². The summed E-state index contributed by atoms with van der Waals surface area (Å²) < 4.78 is 19.1. The largest absolute Gasteiger partial charge is 0.487 e. The van der Waals surface area contributed by atoms with E-state index in [2.05, 4.69) is 41.3 Å². The number of nitrogens with one attached hydrogen (secondary N) is 1. The van der Waals surface area contributed by atoms with Crippen molar-refractivity contribution in [3.63, 3.8) is 0 Å². The van der Waals surface area contributed by atoms with Crippen LogP contribution >= 0.6 is 11.6 Å². The maximum absolute atomic E-state index is 13.3. The monoisotopic (exact) mass is 437 g/mol. The lowest BCUT2D eigenvalue weighted by Gasteiger charge is -2.13. The molecule has 1 aromatic heterocycles.